The predicted molar refractivity (Wildman–Crippen MR) is 111 cm³/mol. The van der Waals surface area contributed by atoms with Gasteiger partial charge in [0.25, 0.3) is 23.6 Å². The van der Waals surface area contributed by atoms with Crippen LogP contribution in [0.1, 0.15) is 74.0 Å². The standard InChI is InChI=1S/C24H22N2O5/c1-13-3-5-14(6-4-13)26-23(29)18-10-8-16(12-20(18)24(26)30)31-15-7-9-17-19(11-15)22(28)25(2)21(17)27/h7-14H,3-6H2,1-2H3/t13-,14-. The highest BCUT2D eigenvalue weighted by Crippen LogP contribution is 2.35. The molecule has 0 spiro atoms. The molecule has 2 aromatic rings. The van der Waals surface area contributed by atoms with Crippen molar-refractivity contribution >= 4 is 23.6 Å². The Labute approximate surface area is 179 Å². The van der Waals surface area contributed by atoms with Crippen LogP contribution in [-0.4, -0.2) is 46.5 Å². The van der Waals surface area contributed by atoms with E-state index in [4.69, 9.17) is 4.74 Å². The number of hydrogen-bond donors (Lipinski definition) is 0. The highest BCUT2D eigenvalue weighted by molar-refractivity contribution is 6.22. The molecule has 0 unspecified atom stereocenters. The molecule has 1 aliphatic carbocycles. The smallest absolute Gasteiger partial charge is 0.261 e. The van der Waals surface area contributed by atoms with Gasteiger partial charge in [-0.05, 0) is 68.0 Å². The molecule has 2 heterocycles. The van der Waals surface area contributed by atoms with Crippen LogP contribution in [0.5, 0.6) is 11.5 Å². The predicted octanol–water partition coefficient (Wildman–Crippen LogP) is 3.88. The minimum absolute atomic E-state index is 0.0507. The van der Waals surface area contributed by atoms with Gasteiger partial charge >= 0.3 is 0 Å². The van der Waals surface area contributed by atoms with E-state index in [9.17, 15) is 19.2 Å². The van der Waals surface area contributed by atoms with E-state index >= 15 is 0 Å². The van der Waals surface area contributed by atoms with Crippen LogP contribution < -0.4 is 4.74 Å². The van der Waals surface area contributed by atoms with Gasteiger partial charge in [0.15, 0.2) is 0 Å². The minimum Gasteiger partial charge on any atom is -0.457 e. The van der Waals surface area contributed by atoms with E-state index in [-0.39, 0.29) is 35.2 Å². The maximum Gasteiger partial charge on any atom is 0.261 e. The molecule has 1 fully saturated rings. The first-order chi connectivity index (χ1) is 14.8. The van der Waals surface area contributed by atoms with Crippen molar-refractivity contribution in [3.8, 4) is 11.5 Å². The number of ether oxygens (including phenoxy) is 1. The summed E-state index contributed by atoms with van der Waals surface area (Å²) in [4.78, 5) is 52.6. The lowest BCUT2D eigenvalue weighted by molar-refractivity contribution is 0.0532. The molecule has 3 aliphatic rings. The zero-order valence-corrected chi connectivity index (χ0v) is 17.4. The average Bonchev–Trinajstić information content (AvgIpc) is 3.14. The van der Waals surface area contributed by atoms with Crippen LogP contribution >= 0.6 is 0 Å². The van der Waals surface area contributed by atoms with Crippen molar-refractivity contribution in [3.05, 3.63) is 58.7 Å². The molecule has 0 bridgehead atoms. The van der Waals surface area contributed by atoms with Crippen LogP contribution in [-0.2, 0) is 0 Å². The van der Waals surface area contributed by atoms with Crippen LogP contribution in [0.15, 0.2) is 36.4 Å². The molecular weight excluding hydrogens is 396 g/mol. The number of nitrogens with zero attached hydrogens (tertiary/aromatic N) is 2. The first-order valence-electron chi connectivity index (χ1n) is 10.5. The number of hydrogen-bond acceptors (Lipinski definition) is 5. The lowest BCUT2D eigenvalue weighted by Gasteiger charge is -2.32. The maximum absolute atomic E-state index is 13.0. The highest BCUT2D eigenvalue weighted by Gasteiger charge is 2.41. The Kier molecular flexibility index (Phi) is 4.43. The van der Waals surface area contributed by atoms with E-state index in [0.717, 1.165) is 30.6 Å². The third kappa shape index (κ3) is 3.03. The monoisotopic (exact) mass is 418 g/mol. The zero-order chi connectivity index (χ0) is 21.9. The molecule has 0 atom stereocenters. The molecule has 7 nitrogen and oxygen atoms in total. The molecular formula is C24H22N2O5. The van der Waals surface area contributed by atoms with Crippen molar-refractivity contribution in [1.82, 2.24) is 9.80 Å². The van der Waals surface area contributed by atoms with Gasteiger partial charge in [-0.25, -0.2) is 0 Å². The zero-order valence-electron chi connectivity index (χ0n) is 17.4. The van der Waals surface area contributed by atoms with Gasteiger partial charge in [0.1, 0.15) is 11.5 Å². The second-order valence-electron chi connectivity index (χ2n) is 8.58. The molecule has 1 saturated carbocycles. The Bertz CT molecular complexity index is 1150. The Morgan fingerprint density at radius 2 is 1.19 bits per heavy atom. The normalized spacial score (nSPS) is 22.8. The molecule has 5 rings (SSSR count). The fourth-order valence-electron chi connectivity index (χ4n) is 4.67. The van der Waals surface area contributed by atoms with E-state index in [2.05, 4.69) is 6.92 Å². The summed E-state index contributed by atoms with van der Waals surface area (Å²) in [6.07, 6.45) is 3.71. The first kappa shape index (κ1) is 19.5. The van der Waals surface area contributed by atoms with Crippen LogP contribution in [0, 0.1) is 5.92 Å². The second-order valence-corrected chi connectivity index (χ2v) is 8.58. The maximum atomic E-state index is 13.0. The lowest BCUT2D eigenvalue weighted by Crippen LogP contribution is -2.41. The third-order valence-corrected chi connectivity index (χ3v) is 6.54. The molecule has 31 heavy (non-hydrogen) atoms. The van der Waals surface area contributed by atoms with Crippen molar-refractivity contribution in [2.75, 3.05) is 7.05 Å². The quantitative estimate of drug-likeness (QED) is 0.707. The number of fused-ring (bicyclic) bond motifs is 2. The molecule has 4 amide bonds. The van der Waals surface area contributed by atoms with Gasteiger partial charge in [0, 0.05) is 13.1 Å². The van der Waals surface area contributed by atoms with E-state index in [1.54, 1.807) is 30.3 Å². The molecule has 0 aromatic heterocycles. The lowest BCUT2D eigenvalue weighted by atomic mass is 9.86. The van der Waals surface area contributed by atoms with Crippen molar-refractivity contribution in [2.45, 2.75) is 38.6 Å². The van der Waals surface area contributed by atoms with Crippen LogP contribution in [0.4, 0.5) is 0 Å². The Morgan fingerprint density at radius 1 is 0.710 bits per heavy atom. The summed E-state index contributed by atoms with van der Waals surface area (Å²) in [6.45, 7) is 2.20. The molecule has 2 aromatic carbocycles. The van der Waals surface area contributed by atoms with Gasteiger partial charge in [-0.15, -0.1) is 0 Å². The van der Waals surface area contributed by atoms with Gasteiger partial charge in [0.05, 0.1) is 22.3 Å². The topological polar surface area (TPSA) is 84.0 Å². The minimum atomic E-state index is -0.377. The molecule has 0 N–H and O–H groups in total. The van der Waals surface area contributed by atoms with Crippen LogP contribution in [0.25, 0.3) is 0 Å². The Hall–Kier alpha value is -3.48. The third-order valence-electron chi connectivity index (χ3n) is 6.54. The van der Waals surface area contributed by atoms with Crippen molar-refractivity contribution in [3.63, 3.8) is 0 Å². The summed E-state index contributed by atoms with van der Waals surface area (Å²) in [7, 11) is 1.44. The van der Waals surface area contributed by atoms with E-state index in [1.807, 2.05) is 0 Å². The molecule has 7 heteroatoms. The Morgan fingerprint density at radius 3 is 1.81 bits per heavy atom. The van der Waals surface area contributed by atoms with Crippen molar-refractivity contribution < 1.29 is 23.9 Å². The van der Waals surface area contributed by atoms with Crippen molar-refractivity contribution in [1.29, 1.82) is 0 Å². The van der Waals surface area contributed by atoms with Gasteiger partial charge in [-0.3, -0.25) is 29.0 Å². The number of carbonyl (C=O) groups is 4. The number of benzene rings is 2. The van der Waals surface area contributed by atoms with Crippen LogP contribution in [0.2, 0.25) is 0 Å². The molecule has 2 aliphatic heterocycles. The fourth-order valence-corrected chi connectivity index (χ4v) is 4.67. The van der Waals surface area contributed by atoms with Gasteiger partial charge < -0.3 is 4.74 Å². The van der Waals surface area contributed by atoms with Crippen molar-refractivity contribution in [2.24, 2.45) is 5.92 Å². The summed E-state index contributed by atoms with van der Waals surface area (Å²) in [5.41, 5.74) is 1.36. The number of carbonyl (C=O) groups excluding carboxylic acids is 4. The highest BCUT2D eigenvalue weighted by atomic mass is 16.5. The Balaban J connectivity index is 1.39. The van der Waals surface area contributed by atoms with Crippen LogP contribution in [0.3, 0.4) is 0 Å². The van der Waals surface area contributed by atoms with Gasteiger partial charge in [-0.1, -0.05) is 6.92 Å². The summed E-state index contributed by atoms with van der Waals surface area (Å²) < 4.78 is 5.86. The fraction of sp³-hybridized carbons (Fsp3) is 0.333. The number of imide groups is 2. The number of amides is 4. The van der Waals surface area contributed by atoms with E-state index < -0.39 is 0 Å². The molecule has 158 valence electrons. The van der Waals surface area contributed by atoms with E-state index in [1.165, 1.54) is 18.0 Å². The average molecular weight is 418 g/mol. The second kappa shape index (κ2) is 7.04. The van der Waals surface area contributed by atoms with Gasteiger partial charge in [-0.2, -0.15) is 0 Å². The molecule has 0 radical (unpaired) electrons. The SMILES string of the molecule is CN1C(=O)c2ccc(Oc3ccc4c(c3)C(=O)N([C@H]3CC[C@H](C)CC3)C4=O)cc2C1=O. The van der Waals surface area contributed by atoms with E-state index in [0.29, 0.717) is 34.1 Å². The number of rotatable bonds is 3. The summed E-state index contributed by atoms with van der Waals surface area (Å²) in [5.74, 6) is 0.162. The summed E-state index contributed by atoms with van der Waals surface area (Å²) in [5, 5.41) is 0. The first-order valence-corrected chi connectivity index (χ1v) is 10.5. The molecule has 0 saturated heterocycles. The summed E-state index contributed by atoms with van der Waals surface area (Å²) >= 11 is 0. The largest absolute Gasteiger partial charge is 0.457 e. The van der Waals surface area contributed by atoms with Gasteiger partial charge in [0.2, 0.25) is 0 Å². The summed E-state index contributed by atoms with van der Waals surface area (Å²) in [6, 6.07) is 9.48.